The summed E-state index contributed by atoms with van der Waals surface area (Å²) in [5, 5.41) is 9.12. The minimum Gasteiger partial charge on any atom is -0.497 e. The Hall–Kier alpha value is -2.70. The van der Waals surface area contributed by atoms with Crippen molar-refractivity contribution >= 4 is 5.97 Å². The van der Waals surface area contributed by atoms with Crippen LogP contribution in [0.5, 0.6) is 11.5 Å². The minimum absolute atomic E-state index is 0.0983. The lowest BCUT2D eigenvalue weighted by atomic mass is 9.99. The molecule has 0 aromatic heterocycles. The highest BCUT2D eigenvalue weighted by Gasteiger charge is 2.31. The summed E-state index contributed by atoms with van der Waals surface area (Å²) in [4.78, 5) is 11.2. The summed E-state index contributed by atoms with van der Waals surface area (Å²) >= 11 is 0. The van der Waals surface area contributed by atoms with Gasteiger partial charge in [-0.2, -0.15) is 13.2 Å². The van der Waals surface area contributed by atoms with Gasteiger partial charge in [-0.3, -0.25) is 0 Å². The van der Waals surface area contributed by atoms with Gasteiger partial charge in [-0.05, 0) is 42.0 Å². The molecular weight excluding hydrogens is 313 g/mol. The first-order valence-corrected chi connectivity index (χ1v) is 6.44. The molecule has 0 saturated carbocycles. The molecule has 0 fully saturated rings. The lowest BCUT2D eigenvalue weighted by Gasteiger charge is -2.14. The quantitative estimate of drug-likeness (QED) is 0.919. The molecule has 2 aromatic carbocycles. The van der Waals surface area contributed by atoms with Crippen LogP contribution >= 0.6 is 0 Å². The number of aromatic carboxylic acids is 1. The van der Waals surface area contributed by atoms with Gasteiger partial charge in [0.15, 0.2) is 0 Å². The summed E-state index contributed by atoms with van der Waals surface area (Å²) in [6.45, 7) is 0. The molecule has 0 heterocycles. The molecule has 2 rings (SSSR count). The lowest BCUT2D eigenvalue weighted by molar-refractivity contribution is -0.137. The maximum atomic E-state index is 12.9. The number of alkyl halides is 3. The van der Waals surface area contributed by atoms with Crippen molar-refractivity contribution in [2.24, 2.45) is 0 Å². The maximum Gasteiger partial charge on any atom is 0.416 e. The fraction of sp³-hybridized carbons (Fsp3) is 0.188. The number of methoxy groups -OCH3 is 2. The largest absolute Gasteiger partial charge is 0.497 e. The maximum absolute atomic E-state index is 12.9. The second-order valence-electron chi connectivity index (χ2n) is 4.67. The Bertz CT molecular complexity index is 739. The van der Waals surface area contributed by atoms with Crippen LogP contribution in [0.2, 0.25) is 0 Å². The molecule has 0 bridgehead atoms. The number of carbonyl (C=O) groups is 1. The molecule has 23 heavy (non-hydrogen) atoms. The van der Waals surface area contributed by atoms with Gasteiger partial charge in [-0.25, -0.2) is 4.79 Å². The van der Waals surface area contributed by atoms with Gasteiger partial charge < -0.3 is 14.6 Å². The first-order chi connectivity index (χ1) is 10.8. The Morgan fingerprint density at radius 1 is 1.04 bits per heavy atom. The molecule has 122 valence electrons. The molecule has 0 amide bonds. The average Bonchev–Trinajstić information content (AvgIpc) is 2.52. The molecule has 0 atom stereocenters. The van der Waals surface area contributed by atoms with Crippen LogP contribution in [0.4, 0.5) is 13.2 Å². The van der Waals surface area contributed by atoms with Crippen LogP contribution in [0.15, 0.2) is 36.4 Å². The van der Waals surface area contributed by atoms with E-state index >= 15 is 0 Å². The van der Waals surface area contributed by atoms with Crippen LogP contribution in [0, 0.1) is 0 Å². The monoisotopic (exact) mass is 326 g/mol. The zero-order valence-electron chi connectivity index (χ0n) is 12.3. The zero-order chi connectivity index (χ0) is 17.2. The van der Waals surface area contributed by atoms with Gasteiger partial charge in [-0.15, -0.1) is 0 Å². The van der Waals surface area contributed by atoms with Gasteiger partial charge in [0.2, 0.25) is 0 Å². The van der Waals surface area contributed by atoms with Crippen molar-refractivity contribution in [1.29, 1.82) is 0 Å². The van der Waals surface area contributed by atoms with E-state index in [1.165, 1.54) is 38.5 Å². The fourth-order valence-corrected chi connectivity index (χ4v) is 2.11. The van der Waals surface area contributed by atoms with Crippen molar-refractivity contribution in [2.45, 2.75) is 6.18 Å². The van der Waals surface area contributed by atoms with Crippen molar-refractivity contribution in [3.05, 3.63) is 47.5 Å². The molecule has 4 nitrogen and oxygen atoms in total. The SMILES string of the molecule is COc1cc(C(=O)O)cc(-c2cc(C(F)(F)F)ccc2OC)c1. The summed E-state index contributed by atoms with van der Waals surface area (Å²) < 4.78 is 48.8. The van der Waals surface area contributed by atoms with E-state index in [0.29, 0.717) is 0 Å². The molecular formula is C16H13F3O4. The number of halogens is 3. The van der Waals surface area contributed by atoms with Crippen LogP contribution in [0.25, 0.3) is 11.1 Å². The normalized spacial score (nSPS) is 11.2. The Morgan fingerprint density at radius 2 is 1.74 bits per heavy atom. The number of benzene rings is 2. The van der Waals surface area contributed by atoms with Crippen molar-refractivity contribution in [3.8, 4) is 22.6 Å². The smallest absolute Gasteiger partial charge is 0.416 e. The molecule has 0 radical (unpaired) electrons. The molecule has 0 aliphatic rings. The summed E-state index contributed by atoms with van der Waals surface area (Å²) in [6, 6.07) is 7.01. The molecule has 0 unspecified atom stereocenters. The van der Waals surface area contributed by atoms with Gasteiger partial charge >= 0.3 is 12.1 Å². The molecule has 7 heteroatoms. The number of carboxylic acid groups (broad SMARTS) is 1. The first-order valence-electron chi connectivity index (χ1n) is 6.44. The van der Waals surface area contributed by atoms with E-state index in [4.69, 9.17) is 14.6 Å². The standard InChI is InChI=1S/C16H13F3O4/c1-22-12-6-9(5-10(7-12)15(20)21)13-8-11(16(17,18)19)3-4-14(13)23-2/h3-8H,1-2H3,(H,20,21). The number of ether oxygens (including phenoxy) is 2. The highest BCUT2D eigenvalue weighted by atomic mass is 19.4. The van der Waals surface area contributed by atoms with E-state index in [1.807, 2.05) is 0 Å². The molecule has 0 saturated heterocycles. The van der Waals surface area contributed by atoms with Crippen molar-refractivity contribution in [2.75, 3.05) is 14.2 Å². The number of hydrogen-bond acceptors (Lipinski definition) is 3. The minimum atomic E-state index is -4.52. The summed E-state index contributed by atoms with van der Waals surface area (Å²) in [5.41, 5.74) is -0.569. The molecule has 0 aliphatic heterocycles. The number of hydrogen-bond donors (Lipinski definition) is 1. The van der Waals surface area contributed by atoms with Crippen molar-refractivity contribution < 1.29 is 32.5 Å². The Kier molecular flexibility index (Phi) is 4.49. The van der Waals surface area contributed by atoms with Crippen molar-refractivity contribution in [3.63, 3.8) is 0 Å². The lowest BCUT2D eigenvalue weighted by Crippen LogP contribution is -2.05. The highest BCUT2D eigenvalue weighted by molar-refractivity contribution is 5.90. The molecule has 1 N–H and O–H groups in total. The van der Waals surface area contributed by atoms with Gasteiger partial charge in [-0.1, -0.05) is 0 Å². The van der Waals surface area contributed by atoms with Crippen LogP contribution in [-0.4, -0.2) is 25.3 Å². The first kappa shape index (κ1) is 16.7. The predicted octanol–water partition coefficient (Wildman–Crippen LogP) is 4.09. The second kappa shape index (κ2) is 6.20. The van der Waals surface area contributed by atoms with Gasteiger partial charge in [0.25, 0.3) is 0 Å². The van der Waals surface area contributed by atoms with E-state index in [1.54, 1.807) is 0 Å². The highest BCUT2D eigenvalue weighted by Crippen LogP contribution is 2.38. The third kappa shape index (κ3) is 3.56. The molecule has 0 spiro atoms. The van der Waals surface area contributed by atoms with E-state index in [9.17, 15) is 18.0 Å². The van der Waals surface area contributed by atoms with E-state index in [2.05, 4.69) is 0 Å². The fourth-order valence-electron chi connectivity index (χ4n) is 2.11. The van der Waals surface area contributed by atoms with Crippen molar-refractivity contribution in [1.82, 2.24) is 0 Å². The predicted molar refractivity (Wildman–Crippen MR) is 76.9 cm³/mol. The summed E-state index contributed by atoms with van der Waals surface area (Å²) in [5.74, 6) is -0.793. The third-order valence-corrected chi connectivity index (χ3v) is 3.23. The Balaban J connectivity index is 2.69. The van der Waals surface area contributed by atoms with Crippen LogP contribution in [-0.2, 0) is 6.18 Å². The number of rotatable bonds is 4. The molecule has 2 aromatic rings. The number of carboxylic acids is 1. The second-order valence-corrected chi connectivity index (χ2v) is 4.67. The Labute approximate surface area is 130 Å². The zero-order valence-corrected chi connectivity index (χ0v) is 12.3. The Morgan fingerprint density at radius 3 is 2.26 bits per heavy atom. The van der Waals surface area contributed by atoms with E-state index in [-0.39, 0.29) is 28.2 Å². The van der Waals surface area contributed by atoms with Crippen LogP contribution < -0.4 is 9.47 Å². The van der Waals surface area contributed by atoms with E-state index < -0.39 is 17.7 Å². The third-order valence-electron chi connectivity index (χ3n) is 3.23. The van der Waals surface area contributed by atoms with E-state index in [0.717, 1.165) is 12.1 Å². The van der Waals surface area contributed by atoms with Gasteiger partial charge in [0.1, 0.15) is 11.5 Å². The molecule has 0 aliphatic carbocycles. The topological polar surface area (TPSA) is 55.8 Å². The van der Waals surface area contributed by atoms with Crippen LogP contribution in [0.1, 0.15) is 15.9 Å². The summed E-state index contributed by atoms with van der Waals surface area (Å²) in [7, 11) is 2.67. The van der Waals surface area contributed by atoms with Crippen LogP contribution in [0.3, 0.4) is 0 Å². The average molecular weight is 326 g/mol. The van der Waals surface area contributed by atoms with Gasteiger partial charge in [0, 0.05) is 5.56 Å². The summed E-state index contributed by atoms with van der Waals surface area (Å²) in [6.07, 6.45) is -4.52. The van der Waals surface area contributed by atoms with Gasteiger partial charge in [0.05, 0.1) is 25.3 Å².